The van der Waals surface area contributed by atoms with Crippen molar-refractivity contribution in [3.63, 3.8) is 0 Å². The van der Waals surface area contributed by atoms with Crippen molar-refractivity contribution in [1.82, 2.24) is 0 Å². The number of esters is 1. The van der Waals surface area contributed by atoms with Gasteiger partial charge < -0.3 is 9.84 Å². The number of carbonyl (C=O) groups is 1. The SMILES string of the molecule is CCOC(=O)C(O)C1=CCC(C(C)(C)CC)CC1. The molecule has 18 heavy (non-hydrogen) atoms. The second-order valence-corrected chi connectivity index (χ2v) is 5.75. The Hall–Kier alpha value is -0.830. The van der Waals surface area contributed by atoms with Gasteiger partial charge in [-0.05, 0) is 43.1 Å². The lowest BCUT2D eigenvalue weighted by Gasteiger charge is -2.36. The molecular weight excluding hydrogens is 228 g/mol. The number of allylic oxidation sites excluding steroid dienone is 1. The van der Waals surface area contributed by atoms with E-state index in [1.165, 1.54) is 0 Å². The molecule has 0 fully saturated rings. The Morgan fingerprint density at radius 1 is 1.56 bits per heavy atom. The standard InChI is InChI=1S/C15H26O3/c1-5-15(3,4)12-9-7-11(8-10-12)13(16)14(17)18-6-2/h7,12-13,16H,5-6,8-10H2,1-4H3. The first-order valence-electron chi connectivity index (χ1n) is 6.96. The quantitative estimate of drug-likeness (QED) is 0.606. The predicted molar refractivity (Wildman–Crippen MR) is 72.1 cm³/mol. The number of ether oxygens (including phenoxy) is 1. The zero-order chi connectivity index (χ0) is 13.8. The smallest absolute Gasteiger partial charge is 0.339 e. The van der Waals surface area contributed by atoms with Gasteiger partial charge in [-0.1, -0.05) is 33.3 Å². The Kier molecular flexibility index (Phi) is 5.39. The van der Waals surface area contributed by atoms with Gasteiger partial charge in [0.1, 0.15) is 0 Å². The Balaban J connectivity index is 2.61. The lowest BCUT2D eigenvalue weighted by Crippen LogP contribution is -2.30. The molecule has 0 spiro atoms. The molecule has 3 nitrogen and oxygen atoms in total. The molecule has 0 aromatic heterocycles. The number of carbonyl (C=O) groups excluding carboxylic acids is 1. The van der Waals surface area contributed by atoms with Crippen molar-refractivity contribution in [2.24, 2.45) is 11.3 Å². The average Bonchev–Trinajstić information content (AvgIpc) is 2.38. The first-order valence-corrected chi connectivity index (χ1v) is 6.96. The molecule has 3 heteroatoms. The molecule has 2 unspecified atom stereocenters. The first-order chi connectivity index (χ1) is 8.42. The summed E-state index contributed by atoms with van der Waals surface area (Å²) in [5, 5.41) is 9.88. The highest BCUT2D eigenvalue weighted by Gasteiger charge is 2.31. The summed E-state index contributed by atoms with van der Waals surface area (Å²) in [6, 6.07) is 0. The van der Waals surface area contributed by atoms with Crippen molar-refractivity contribution in [3.05, 3.63) is 11.6 Å². The fourth-order valence-electron chi connectivity index (χ4n) is 2.47. The van der Waals surface area contributed by atoms with Crippen LogP contribution in [0, 0.1) is 11.3 Å². The van der Waals surface area contributed by atoms with Crippen LogP contribution in [0.5, 0.6) is 0 Å². The maximum Gasteiger partial charge on any atom is 0.339 e. The zero-order valence-electron chi connectivity index (χ0n) is 12.0. The minimum atomic E-state index is -1.06. The Morgan fingerprint density at radius 2 is 2.22 bits per heavy atom. The van der Waals surface area contributed by atoms with Crippen molar-refractivity contribution in [2.75, 3.05) is 6.61 Å². The first kappa shape index (κ1) is 15.2. The van der Waals surface area contributed by atoms with Gasteiger partial charge in [0.05, 0.1) is 6.61 Å². The summed E-state index contributed by atoms with van der Waals surface area (Å²) in [5.74, 6) is 0.123. The summed E-state index contributed by atoms with van der Waals surface area (Å²) in [4.78, 5) is 11.5. The number of aliphatic hydroxyl groups excluding tert-OH is 1. The van der Waals surface area contributed by atoms with E-state index in [2.05, 4.69) is 20.8 Å². The van der Waals surface area contributed by atoms with Gasteiger partial charge >= 0.3 is 5.97 Å². The summed E-state index contributed by atoms with van der Waals surface area (Å²) in [6.45, 7) is 8.86. The monoisotopic (exact) mass is 254 g/mol. The van der Waals surface area contributed by atoms with E-state index in [-0.39, 0.29) is 0 Å². The molecule has 1 N–H and O–H groups in total. The Labute approximate surface area is 110 Å². The van der Waals surface area contributed by atoms with Crippen LogP contribution in [0.3, 0.4) is 0 Å². The van der Waals surface area contributed by atoms with E-state index in [1.54, 1.807) is 6.92 Å². The highest BCUT2D eigenvalue weighted by Crippen LogP contribution is 2.40. The molecule has 0 aliphatic heterocycles. The van der Waals surface area contributed by atoms with Crippen LogP contribution in [0.25, 0.3) is 0 Å². The summed E-state index contributed by atoms with van der Waals surface area (Å²) in [6.07, 6.45) is 4.92. The molecule has 0 saturated heterocycles. The van der Waals surface area contributed by atoms with Gasteiger partial charge in [-0.3, -0.25) is 0 Å². The average molecular weight is 254 g/mol. The fourth-order valence-corrected chi connectivity index (χ4v) is 2.47. The maximum absolute atomic E-state index is 11.5. The molecule has 0 heterocycles. The second kappa shape index (κ2) is 6.37. The topological polar surface area (TPSA) is 46.5 Å². The van der Waals surface area contributed by atoms with E-state index >= 15 is 0 Å². The second-order valence-electron chi connectivity index (χ2n) is 5.75. The van der Waals surface area contributed by atoms with Crippen LogP contribution >= 0.6 is 0 Å². The van der Waals surface area contributed by atoms with Crippen molar-refractivity contribution < 1.29 is 14.6 Å². The van der Waals surface area contributed by atoms with Gasteiger partial charge in [-0.15, -0.1) is 0 Å². The van der Waals surface area contributed by atoms with Crippen molar-refractivity contribution >= 4 is 5.97 Å². The van der Waals surface area contributed by atoms with Crippen LogP contribution in [-0.2, 0) is 9.53 Å². The van der Waals surface area contributed by atoms with Gasteiger partial charge in [0.25, 0.3) is 0 Å². The van der Waals surface area contributed by atoms with Crippen LogP contribution in [0.4, 0.5) is 0 Å². The number of hydrogen-bond acceptors (Lipinski definition) is 3. The van der Waals surface area contributed by atoms with E-state index in [0.29, 0.717) is 17.9 Å². The lowest BCUT2D eigenvalue weighted by molar-refractivity contribution is -0.151. The molecule has 0 aromatic rings. The fraction of sp³-hybridized carbons (Fsp3) is 0.800. The molecular formula is C15H26O3. The van der Waals surface area contributed by atoms with Gasteiger partial charge in [-0.25, -0.2) is 4.79 Å². The van der Waals surface area contributed by atoms with Crippen molar-refractivity contribution in [3.8, 4) is 0 Å². The highest BCUT2D eigenvalue weighted by atomic mass is 16.5. The zero-order valence-corrected chi connectivity index (χ0v) is 12.0. The molecule has 0 aromatic carbocycles. The van der Waals surface area contributed by atoms with Crippen LogP contribution in [0.1, 0.15) is 53.4 Å². The van der Waals surface area contributed by atoms with E-state index in [1.807, 2.05) is 6.08 Å². The summed E-state index contributed by atoms with van der Waals surface area (Å²) in [5.41, 5.74) is 1.16. The maximum atomic E-state index is 11.5. The summed E-state index contributed by atoms with van der Waals surface area (Å²) >= 11 is 0. The molecule has 1 aliphatic carbocycles. The molecule has 2 atom stereocenters. The van der Waals surface area contributed by atoms with Crippen LogP contribution in [0.2, 0.25) is 0 Å². The lowest BCUT2D eigenvalue weighted by atomic mass is 9.70. The van der Waals surface area contributed by atoms with Gasteiger partial charge in [-0.2, -0.15) is 0 Å². The molecule has 0 saturated carbocycles. The van der Waals surface area contributed by atoms with Gasteiger partial charge in [0.15, 0.2) is 6.10 Å². The van der Waals surface area contributed by atoms with E-state index in [9.17, 15) is 9.90 Å². The van der Waals surface area contributed by atoms with Gasteiger partial charge in [0.2, 0.25) is 0 Å². The van der Waals surface area contributed by atoms with Gasteiger partial charge in [0, 0.05) is 0 Å². The molecule has 0 bridgehead atoms. The third kappa shape index (κ3) is 3.58. The third-order valence-corrected chi connectivity index (χ3v) is 4.32. The van der Waals surface area contributed by atoms with Crippen LogP contribution in [-0.4, -0.2) is 23.8 Å². The summed E-state index contributed by atoms with van der Waals surface area (Å²) in [7, 11) is 0. The molecule has 1 rings (SSSR count). The van der Waals surface area contributed by atoms with Crippen LogP contribution < -0.4 is 0 Å². The Bertz CT molecular complexity index is 318. The van der Waals surface area contributed by atoms with Crippen molar-refractivity contribution in [2.45, 2.75) is 59.5 Å². The van der Waals surface area contributed by atoms with Crippen molar-refractivity contribution in [1.29, 1.82) is 0 Å². The number of aliphatic hydroxyl groups is 1. The molecule has 0 radical (unpaired) electrons. The van der Waals surface area contributed by atoms with Crippen LogP contribution in [0.15, 0.2) is 11.6 Å². The molecule has 0 amide bonds. The summed E-state index contributed by atoms with van der Waals surface area (Å²) < 4.78 is 4.84. The minimum absolute atomic E-state index is 0.314. The normalized spacial score (nSPS) is 22.3. The third-order valence-electron chi connectivity index (χ3n) is 4.32. The predicted octanol–water partition coefficient (Wildman–Crippen LogP) is 3.07. The van der Waals surface area contributed by atoms with E-state index in [0.717, 1.165) is 31.3 Å². The van der Waals surface area contributed by atoms with E-state index in [4.69, 9.17) is 4.74 Å². The van der Waals surface area contributed by atoms with E-state index < -0.39 is 12.1 Å². The number of hydrogen-bond donors (Lipinski definition) is 1. The number of rotatable bonds is 5. The molecule has 1 aliphatic rings. The highest BCUT2D eigenvalue weighted by molar-refractivity contribution is 5.78. The minimum Gasteiger partial charge on any atom is -0.464 e. The largest absolute Gasteiger partial charge is 0.464 e. The Morgan fingerprint density at radius 3 is 2.67 bits per heavy atom. The molecule has 104 valence electrons.